The van der Waals surface area contributed by atoms with Crippen LogP contribution >= 0.6 is 11.8 Å². The maximum absolute atomic E-state index is 6.14. The normalized spacial score (nSPS) is 11.2. The topological polar surface area (TPSA) is 92.0 Å². The molecule has 0 saturated heterocycles. The molecule has 0 unspecified atom stereocenters. The summed E-state index contributed by atoms with van der Waals surface area (Å²) < 4.78 is 12.7. The maximum atomic E-state index is 6.14. The van der Waals surface area contributed by atoms with Gasteiger partial charge in [-0.25, -0.2) is 4.68 Å². The van der Waals surface area contributed by atoms with Crippen molar-refractivity contribution in [2.45, 2.75) is 37.3 Å². The van der Waals surface area contributed by atoms with Crippen LogP contribution in [0.5, 0.6) is 5.75 Å². The molecular formula is C22H23N5O2S. The Balaban J connectivity index is 1.34. The van der Waals surface area contributed by atoms with Gasteiger partial charge in [-0.05, 0) is 23.6 Å². The summed E-state index contributed by atoms with van der Waals surface area (Å²) >= 11 is 1.44. The number of hydrogen-bond acceptors (Lipinski definition) is 7. The summed E-state index contributed by atoms with van der Waals surface area (Å²) in [6.07, 6.45) is 0. The molecule has 2 aromatic heterocycles. The fourth-order valence-electron chi connectivity index (χ4n) is 2.86. The summed E-state index contributed by atoms with van der Waals surface area (Å²) in [6, 6.07) is 19.8. The average molecular weight is 422 g/mol. The molecule has 154 valence electrons. The van der Waals surface area contributed by atoms with Gasteiger partial charge in [-0.1, -0.05) is 73.2 Å². The second-order valence-corrected chi connectivity index (χ2v) is 8.06. The molecule has 0 atom stereocenters. The Morgan fingerprint density at radius 1 is 1.07 bits per heavy atom. The van der Waals surface area contributed by atoms with E-state index < -0.39 is 0 Å². The smallest absolute Gasteiger partial charge is 0.210 e. The number of rotatable bonds is 8. The van der Waals surface area contributed by atoms with E-state index in [1.807, 2.05) is 48.5 Å². The van der Waals surface area contributed by atoms with Gasteiger partial charge in [0.25, 0.3) is 0 Å². The van der Waals surface area contributed by atoms with E-state index >= 15 is 0 Å². The minimum Gasteiger partial charge on any atom is -0.486 e. The van der Waals surface area contributed by atoms with Crippen LogP contribution in [0.1, 0.15) is 36.8 Å². The van der Waals surface area contributed by atoms with Crippen molar-refractivity contribution >= 4 is 11.8 Å². The molecule has 0 fully saturated rings. The van der Waals surface area contributed by atoms with Gasteiger partial charge in [0.2, 0.25) is 5.16 Å². The highest BCUT2D eigenvalue weighted by Gasteiger charge is 2.13. The Bertz CT molecular complexity index is 1090. The van der Waals surface area contributed by atoms with Gasteiger partial charge in [-0.2, -0.15) is 0 Å². The minimum absolute atomic E-state index is 0.243. The van der Waals surface area contributed by atoms with Crippen molar-refractivity contribution in [2.24, 2.45) is 0 Å². The number of nitrogens with two attached hydrogens (primary N) is 1. The zero-order valence-electron chi connectivity index (χ0n) is 16.9. The third-order valence-corrected chi connectivity index (χ3v) is 5.59. The van der Waals surface area contributed by atoms with E-state index in [9.17, 15) is 0 Å². The number of ether oxygens (including phenoxy) is 1. The number of aromatic nitrogens is 4. The SMILES string of the molecule is CC(C)c1ccc(OCc2nnc(SCc3cc(-c4ccccc4)on3)n2N)cc1. The van der Waals surface area contributed by atoms with Gasteiger partial charge in [0, 0.05) is 17.4 Å². The highest BCUT2D eigenvalue weighted by molar-refractivity contribution is 7.98. The van der Waals surface area contributed by atoms with Crippen molar-refractivity contribution in [2.75, 3.05) is 5.84 Å². The summed E-state index contributed by atoms with van der Waals surface area (Å²) in [6.45, 7) is 4.56. The lowest BCUT2D eigenvalue weighted by atomic mass is 10.0. The average Bonchev–Trinajstić information content (AvgIpc) is 3.38. The molecule has 2 aromatic carbocycles. The molecule has 4 rings (SSSR count). The second kappa shape index (κ2) is 9.04. The molecule has 0 amide bonds. The molecule has 0 spiro atoms. The van der Waals surface area contributed by atoms with Crippen LogP contribution in [0.15, 0.2) is 70.3 Å². The predicted molar refractivity (Wildman–Crippen MR) is 117 cm³/mol. The predicted octanol–water partition coefficient (Wildman–Crippen LogP) is 4.64. The Morgan fingerprint density at radius 3 is 2.57 bits per heavy atom. The number of thioether (sulfide) groups is 1. The summed E-state index contributed by atoms with van der Waals surface area (Å²) in [5, 5.41) is 13.0. The lowest BCUT2D eigenvalue weighted by Crippen LogP contribution is -2.15. The van der Waals surface area contributed by atoms with Crippen molar-refractivity contribution in [1.82, 2.24) is 20.0 Å². The Morgan fingerprint density at radius 2 is 1.83 bits per heavy atom. The van der Waals surface area contributed by atoms with E-state index in [0.29, 0.717) is 22.7 Å². The zero-order valence-corrected chi connectivity index (χ0v) is 17.7. The van der Waals surface area contributed by atoms with Crippen molar-refractivity contribution in [3.05, 3.63) is 77.7 Å². The summed E-state index contributed by atoms with van der Waals surface area (Å²) in [4.78, 5) is 0. The molecule has 4 aromatic rings. The molecule has 0 saturated carbocycles. The van der Waals surface area contributed by atoms with E-state index in [0.717, 1.165) is 22.8 Å². The minimum atomic E-state index is 0.243. The molecule has 7 nitrogen and oxygen atoms in total. The van der Waals surface area contributed by atoms with E-state index in [4.69, 9.17) is 15.1 Å². The van der Waals surface area contributed by atoms with Gasteiger partial charge in [-0.3, -0.25) is 0 Å². The van der Waals surface area contributed by atoms with Crippen molar-refractivity contribution in [3.8, 4) is 17.1 Å². The summed E-state index contributed by atoms with van der Waals surface area (Å²) in [5.41, 5.74) is 3.07. The number of benzene rings is 2. The molecular weight excluding hydrogens is 398 g/mol. The van der Waals surface area contributed by atoms with Crippen LogP contribution < -0.4 is 10.6 Å². The van der Waals surface area contributed by atoms with E-state index in [1.165, 1.54) is 22.0 Å². The molecule has 0 aliphatic rings. The van der Waals surface area contributed by atoms with Crippen LogP contribution in [0.3, 0.4) is 0 Å². The molecule has 8 heteroatoms. The van der Waals surface area contributed by atoms with Gasteiger partial charge < -0.3 is 15.1 Å². The summed E-state index contributed by atoms with van der Waals surface area (Å²) in [7, 11) is 0. The maximum Gasteiger partial charge on any atom is 0.210 e. The van der Waals surface area contributed by atoms with E-state index in [2.05, 4.69) is 41.3 Å². The lowest BCUT2D eigenvalue weighted by Gasteiger charge is -2.08. The standard InChI is InChI=1S/C22H23N5O2S/c1-15(2)16-8-10-19(11-9-16)28-13-21-24-25-22(27(21)23)30-14-18-12-20(29-26-18)17-6-4-3-5-7-17/h3-12,15H,13-14,23H2,1-2H3. The Hall–Kier alpha value is -3.26. The van der Waals surface area contributed by atoms with Gasteiger partial charge >= 0.3 is 0 Å². The van der Waals surface area contributed by atoms with Gasteiger partial charge in [0.05, 0.1) is 5.69 Å². The number of nitrogens with zero attached hydrogens (tertiary/aromatic N) is 4. The van der Waals surface area contributed by atoms with Crippen LogP contribution in [-0.4, -0.2) is 20.0 Å². The van der Waals surface area contributed by atoms with Crippen LogP contribution in [-0.2, 0) is 12.4 Å². The zero-order chi connectivity index (χ0) is 20.9. The third-order valence-electron chi connectivity index (χ3n) is 4.62. The highest BCUT2D eigenvalue weighted by Crippen LogP contribution is 2.25. The van der Waals surface area contributed by atoms with Crippen LogP contribution in [0.2, 0.25) is 0 Å². The van der Waals surface area contributed by atoms with Crippen LogP contribution in [0, 0.1) is 0 Å². The first-order valence-electron chi connectivity index (χ1n) is 9.66. The van der Waals surface area contributed by atoms with Gasteiger partial charge in [0.15, 0.2) is 11.6 Å². The Kier molecular flexibility index (Phi) is 6.04. The van der Waals surface area contributed by atoms with Crippen molar-refractivity contribution in [1.29, 1.82) is 0 Å². The monoisotopic (exact) mass is 421 g/mol. The van der Waals surface area contributed by atoms with E-state index in [1.54, 1.807) is 0 Å². The molecule has 30 heavy (non-hydrogen) atoms. The molecule has 0 aliphatic carbocycles. The molecule has 0 radical (unpaired) electrons. The van der Waals surface area contributed by atoms with Crippen molar-refractivity contribution in [3.63, 3.8) is 0 Å². The second-order valence-electron chi connectivity index (χ2n) is 7.12. The first kappa shape index (κ1) is 20.0. The van der Waals surface area contributed by atoms with Crippen LogP contribution in [0.25, 0.3) is 11.3 Å². The first-order valence-corrected chi connectivity index (χ1v) is 10.6. The first-order chi connectivity index (χ1) is 14.6. The number of nitrogen functional groups attached to an aromatic ring is 1. The molecule has 0 bridgehead atoms. The van der Waals surface area contributed by atoms with Crippen LogP contribution in [0.4, 0.5) is 0 Å². The summed E-state index contributed by atoms with van der Waals surface area (Å²) in [5.74, 6) is 9.25. The molecule has 2 N–H and O–H groups in total. The highest BCUT2D eigenvalue weighted by atomic mass is 32.2. The number of hydrogen-bond donors (Lipinski definition) is 1. The third kappa shape index (κ3) is 4.65. The molecule has 0 aliphatic heterocycles. The fourth-order valence-corrected chi connectivity index (χ4v) is 3.61. The van der Waals surface area contributed by atoms with Crippen molar-refractivity contribution < 1.29 is 9.26 Å². The largest absolute Gasteiger partial charge is 0.486 e. The quantitative estimate of drug-likeness (QED) is 0.327. The molecule has 2 heterocycles. The van der Waals surface area contributed by atoms with Gasteiger partial charge in [0.1, 0.15) is 12.4 Å². The lowest BCUT2D eigenvalue weighted by molar-refractivity contribution is 0.291. The van der Waals surface area contributed by atoms with E-state index in [-0.39, 0.29) is 6.61 Å². The van der Waals surface area contributed by atoms with Gasteiger partial charge in [-0.15, -0.1) is 10.2 Å². The fraction of sp³-hybridized carbons (Fsp3) is 0.227. The Labute approximate surface area is 179 Å².